The highest BCUT2D eigenvalue weighted by Crippen LogP contribution is 2.53. The van der Waals surface area contributed by atoms with Gasteiger partial charge in [0.2, 0.25) is 0 Å². The normalized spacial score (nSPS) is 16.8. The van der Waals surface area contributed by atoms with E-state index in [1.807, 2.05) is 0 Å². The summed E-state index contributed by atoms with van der Waals surface area (Å²) in [6.45, 7) is 4.74. The van der Waals surface area contributed by atoms with Gasteiger partial charge in [-0.25, -0.2) is 0 Å². The number of benzene rings is 9. The van der Waals surface area contributed by atoms with Gasteiger partial charge in [0.15, 0.2) is 0 Å². The number of fused-ring (bicyclic) bond motifs is 9. The topological polar surface area (TPSA) is 12.0 Å². The minimum atomic E-state index is -0.0666. The van der Waals surface area contributed by atoms with Gasteiger partial charge in [-0.15, -0.1) is 0 Å². The number of rotatable bonds is 6. The van der Waals surface area contributed by atoms with Gasteiger partial charge in [0.1, 0.15) is 0 Å². The number of anilines is 1. The largest absolute Gasteiger partial charge is 0.378 e. The number of nitrogens with one attached hydrogen (secondary N) is 1. The maximum Gasteiger partial charge on any atom is 0.0554 e. The average molecular weight is 742 g/mol. The van der Waals surface area contributed by atoms with E-state index in [-0.39, 0.29) is 17.4 Å². The molecular formula is C57H43N. The van der Waals surface area contributed by atoms with Gasteiger partial charge in [0.05, 0.1) is 6.04 Å². The summed E-state index contributed by atoms with van der Waals surface area (Å²) >= 11 is 0. The fourth-order valence-electron chi connectivity index (χ4n) is 9.91. The molecule has 9 aromatic carbocycles. The molecule has 0 saturated carbocycles. The van der Waals surface area contributed by atoms with Gasteiger partial charge in [-0.2, -0.15) is 0 Å². The molecule has 1 nitrogen and oxygen atoms in total. The fraction of sp³-hybridized carbons (Fsp3) is 0.0877. The van der Waals surface area contributed by atoms with Gasteiger partial charge in [-0.1, -0.05) is 202 Å². The van der Waals surface area contributed by atoms with Crippen LogP contribution >= 0.6 is 0 Å². The van der Waals surface area contributed by atoms with E-state index in [0.717, 1.165) is 5.69 Å². The Balaban J connectivity index is 0.939. The highest BCUT2D eigenvalue weighted by molar-refractivity contribution is 6.28. The summed E-state index contributed by atoms with van der Waals surface area (Å²) < 4.78 is 0. The molecule has 0 fully saturated rings. The lowest BCUT2D eigenvalue weighted by atomic mass is 9.76. The van der Waals surface area contributed by atoms with Gasteiger partial charge < -0.3 is 5.32 Å². The van der Waals surface area contributed by atoms with Gasteiger partial charge in [0.25, 0.3) is 0 Å². The molecule has 2 aliphatic rings. The van der Waals surface area contributed by atoms with Crippen LogP contribution in [-0.2, 0) is 5.41 Å². The summed E-state index contributed by atoms with van der Waals surface area (Å²) in [5.41, 5.74) is 15.3. The second-order valence-electron chi connectivity index (χ2n) is 16.5. The van der Waals surface area contributed by atoms with Crippen molar-refractivity contribution in [2.75, 3.05) is 5.32 Å². The Morgan fingerprint density at radius 3 is 1.67 bits per heavy atom. The number of hydrogen-bond donors (Lipinski definition) is 1. The van der Waals surface area contributed by atoms with Crippen LogP contribution in [0.5, 0.6) is 0 Å². The van der Waals surface area contributed by atoms with E-state index >= 15 is 0 Å². The molecule has 0 saturated heterocycles. The van der Waals surface area contributed by atoms with Crippen LogP contribution in [0.4, 0.5) is 5.69 Å². The zero-order valence-electron chi connectivity index (χ0n) is 32.8. The van der Waals surface area contributed by atoms with Crippen molar-refractivity contribution in [1.82, 2.24) is 0 Å². The molecule has 0 aromatic heterocycles. The fourth-order valence-corrected chi connectivity index (χ4v) is 9.91. The molecule has 2 atom stereocenters. The molecule has 0 bridgehead atoms. The highest BCUT2D eigenvalue weighted by Gasteiger charge is 2.41. The molecule has 276 valence electrons. The average Bonchev–Trinajstić information content (AvgIpc) is 3.51. The lowest BCUT2D eigenvalue weighted by molar-refractivity contribution is 0.641. The summed E-state index contributed by atoms with van der Waals surface area (Å²) in [6, 6.07) is 71.4. The third kappa shape index (κ3) is 5.61. The molecule has 0 heterocycles. The van der Waals surface area contributed by atoms with Crippen LogP contribution < -0.4 is 5.32 Å². The molecule has 2 aliphatic carbocycles. The summed E-state index contributed by atoms with van der Waals surface area (Å²) in [7, 11) is 0. The summed E-state index contributed by atoms with van der Waals surface area (Å²) in [6.07, 6.45) is 5.04. The zero-order valence-corrected chi connectivity index (χ0v) is 32.8. The second-order valence-corrected chi connectivity index (χ2v) is 16.5. The van der Waals surface area contributed by atoms with E-state index in [1.54, 1.807) is 0 Å². The van der Waals surface area contributed by atoms with Crippen LogP contribution in [0.3, 0.4) is 0 Å². The molecular weight excluding hydrogens is 699 g/mol. The first-order valence-corrected chi connectivity index (χ1v) is 20.5. The van der Waals surface area contributed by atoms with Crippen LogP contribution in [0.15, 0.2) is 212 Å². The molecule has 0 radical (unpaired) electrons. The highest BCUT2D eigenvalue weighted by atomic mass is 14.9. The van der Waals surface area contributed by atoms with Crippen molar-refractivity contribution >= 4 is 43.6 Å². The van der Waals surface area contributed by atoms with Crippen LogP contribution in [0.25, 0.3) is 71.3 Å². The Morgan fingerprint density at radius 2 is 0.931 bits per heavy atom. The Kier molecular flexibility index (Phi) is 8.05. The standard InChI is InChI=1S/C57H43N/c1-57(2)53-25-11-10-21-48(53)52-35-51(40-28-26-38(27-29-40)37-14-4-3-5-15-37)55(36-54(52)57)58-43-32-30-39(31-33-43)41-16-12-17-42(34-41)44-23-13-24-50-47-19-7-6-18-45(47)46-20-8-9-22-49(46)56(44)50/h3-36,51,55,58H,1-2H3. The van der Waals surface area contributed by atoms with Crippen molar-refractivity contribution < 1.29 is 0 Å². The first-order chi connectivity index (χ1) is 28.5. The van der Waals surface area contributed by atoms with Gasteiger partial charge in [-0.05, 0) is 112 Å². The third-order valence-corrected chi connectivity index (χ3v) is 12.8. The van der Waals surface area contributed by atoms with Crippen LogP contribution in [-0.4, -0.2) is 6.04 Å². The van der Waals surface area contributed by atoms with Gasteiger partial charge >= 0.3 is 0 Å². The van der Waals surface area contributed by atoms with Gasteiger partial charge in [-0.3, -0.25) is 0 Å². The predicted octanol–water partition coefficient (Wildman–Crippen LogP) is 15.0. The number of allylic oxidation sites excluding steroid dienone is 2. The maximum atomic E-state index is 4.00. The van der Waals surface area contributed by atoms with Gasteiger partial charge in [0, 0.05) is 17.0 Å². The quantitative estimate of drug-likeness (QED) is 0.167. The van der Waals surface area contributed by atoms with Crippen molar-refractivity contribution in [1.29, 1.82) is 0 Å². The molecule has 0 amide bonds. The van der Waals surface area contributed by atoms with Crippen LogP contribution in [0.1, 0.15) is 36.5 Å². The molecule has 2 unspecified atom stereocenters. The summed E-state index contributed by atoms with van der Waals surface area (Å²) in [5.74, 6) is 0.163. The first kappa shape index (κ1) is 34.3. The van der Waals surface area contributed by atoms with Crippen molar-refractivity contribution in [3.63, 3.8) is 0 Å². The third-order valence-electron chi connectivity index (χ3n) is 12.8. The van der Waals surface area contributed by atoms with Crippen LogP contribution in [0, 0.1) is 0 Å². The summed E-state index contributed by atoms with van der Waals surface area (Å²) in [5, 5.41) is 11.8. The van der Waals surface area contributed by atoms with Crippen molar-refractivity contribution in [3.8, 4) is 33.4 Å². The maximum absolute atomic E-state index is 4.00. The lowest BCUT2D eigenvalue weighted by Crippen LogP contribution is -2.29. The van der Waals surface area contributed by atoms with E-state index in [4.69, 9.17) is 0 Å². The first-order valence-electron chi connectivity index (χ1n) is 20.5. The monoisotopic (exact) mass is 741 g/mol. The molecule has 58 heavy (non-hydrogen) atoms. The van der Waals surface area contributed by atoms with E-state index in [1.165, 1.54) is 93.5 Å². The Morgan fingerprint density at radius 1 is 0.414 bits per heavy atom. The van der Waals surface area contributed by atoms with Crippen molar-refractivity contribution in [3.05, 3.63) is 229 Å². The Bertz CT molecular complexity index is 3050. The van der Waals surface area contributed by atoms with Crippen LogP contribution in [0.2, 0.25) is 0 Å². The smallest absolute Gasteiger partial charge is 0.0554 e. The zero-order chi connectivity index (χ0) is 38.8. The molecule has 0 aliphatic heterocycles. The minimum Gasteiger partial charge on any atom is -0.378 e. The molecule has 1 heteroatoms. The molecule has 0 spiro atoms. The van der Waals surface area contributed by atoms with E-state index < -0.39 is 0 Å². The SMILES string of the molecule is CC1(C)C2=CC(Nc3ccc(-c4cccc(-c5cccc6c7ccccc7c7ccccc7c56)c4)cc3)C(c3ccc(-c4ccccc4)cc3)C=C2c2ccccc21. The molecule has 1 N–H and O–H groups in total. The number of hydrogen-bond acceptors (Lipinski definition) is 1. The van der Waals surface area contributed by atoms with Crippen molar-refractivity contribution in [2.24, 2.45) is 0 Å². The summed E-state index contributed by atoms with van der Waals surface area (Å²) in [4.78, 5) is 0. The predicted molar refractivity (Wildman–Crippen MR) is 247 cm³/mol. The Hall–Kier alpha value is -6.96. The van der Waals surface area contributed by atoms with E-state index in [0.29, 0.717) is 0 Å². The minimum absolute atomic E-state index is 0.0666. The van der Waals surface area contributed by atoms with E-state index in [2.05, 4.69) is 225 Å². The van der Waals surface area contributed by atoms with E-state index in [9.17, 15) is 0 Å². The lowest BCUT2D eigenvalue weighted by Gasteiger charge is -2.33. The molecule has 11 rings (SSSR count). The molecule has 9 aromatic rings. The Labute approximate surface area is 340 Å². The van der Waals surface area contributed by atoms with Crippen molar-refractivity contribution in [2.45, 2.75) is 31.2 Å². The second kappa shape index (κ2) is 13.6.